The normalized spacial score (nSPS) is 26.6. The quantitative estimate of drug-likeness (QED) is 0.582. The number of rotatable bonds is 3. The Labute approximate surface area is 69.9 Å². The Morgan fingerprint density at radius 3 is 2.75 bits per heavy atom. The van der Waals surface area contributed by atoms with E-state index < -0.39 is 24.6 Å². The predicted octanol–water partition coefficient (Wildman–Crippen LogP) is -0.905. The molecule has 0 bridgehead atoms. The lowest BCUT2D eigenvalue weighted by molar-refractivity contribution is -0.161. The number of aliphatic hydroxyl groups is 1. The molecule has 0 aromatic heterocycles. The fourth-order valence-electron chi connectivity index (χ4n) is 1.09. The summed E-state index contributed by atoms with van der Waals surface area (Å²) in [6.45, 7) is 0.726. The molecule has 2 unspecified atom stereocenters. The van der Waals surface area contributed by atoms with Crippen LogP contribution in [0.5, 0.6) is 0 Å². The number of carbonyl (C=O) groups is 1. The molecular weight excluding hydrogens is 164 g/mol. The van der Waals surface area contributed by atoms with Gasteiger partial charge in [-0.1, -0.05) is 0 Å². The van der Waals surface area contributed by atoms with Gasteiger partial charge in [-0.25, -0.2) is 0 Å². The van der Waals surface area contributed by atoms with Gasteiger partial charge in [-0.15, -0.1) is 0 Å². The topological polar surface area (TPSA) is 76.0 Å². The highest BCUT2D eigenvalue weighted by molar-refractivity contribution is 5.70. The summed E-state index contributed by atoms with van der Waals surface area (Å²) in [6, 6.07) is 0. The van der Waals surface area contributed by atoms with Gasteiger partial charge in [0.15, 0.2) is 0 Å². The van der Waals surface area contributed by atoms with Crippen molar-refractivity contribution in [3.63, 3.8) is 0 Å². The van der Waals surface area contributed by atoms with Crippen LogP contribution in [-0.4, -0.2) is 48.7 Å². The Bertz CT molecular complexity index is 152. The average molecular weight is 176 g/mol. The smallest absolute Gasteiger partial charge is 0.311 e. The van der Waals surface area contributed by atoms with Crippen LogP contribution in [0, 0.1) is 5.92 Å². The van der Waals surface area contributed by atoms with E-state index in [-0.39, 0.29) is 6.61 Å². The highest BCUT2D eigenvalue weighted by Gasteiger charge is 2.30. The first-order valence-electron chi connectivity index (χ1n) is 3.78. The second-order valence-electron chi connectivity index (χ2n) is 2.61. The van der Waals surface area contributed by atoms with Crippen LogP contribution in [0.4, 0.5) is 0 Å². The molecule has 1 aliphatic rings. The van der Waals surface area contributed by atoms with E-state index in [0.717, 1.165) is 0 Å². The molecule has 0 aliphatic carbocycles. The SMILES string of the molecule is O=C(O)C(CO)C1COCCO1. The lowest BCUT2D eigenvalue weighted by atomic mass is 10.0. The Hall–Kier alpha value is -0.650. The molecule has 1 saturated heterocycles. The van der Waals surface area contributed by atoms with Crippen LogP contribution in [-0.2, 0) is 14.3 Å². The molecule has 70 valence electrons. The first-order chi connectivity index (χ1) is 5.75. The maximum atomic E-state index is 10.5. The summed E-state index contributed by atoms with van der Waals surface area (Å²) < 4.78 is 10.1. The number of aliphatic carboxylic acids is 1. The van der Waals surface area contributed by atoms with E-state index >= 15 is 0 Å². The van der Waals surface area contributed by atoms with Gasteiger partial charge in [-0.2, -0.15) is 0 Å². The van der Waals surface area contributed by atoms with Gasteiger partial charge in [0, 0.05) is 0 Å². The minimum Gasteiger partial charge on any atom is -0.481 e. The van der Waals surface area contributed by atoms with E-state index in [9.17, 15) is 4.79 Å². The Morgan fingerprint density at radius 1 is 1.58 bits per heavy atom. The second kappa shape index (κ2) is 4.39. The number of ether oxygens (including phenoxy) is 2. The number of hydrogen-bond acceptors (Lipinski definition) is 4. The van der Waals surface area contributed by atoms with Gasteiger partial charge in [0.05, 0.1) is 32.5 Å². The zero-order chi connectivity index (χ0) is 8.97. The molecule has 5 heteroatoms. The van der Waals surface area contributed by atoms with Gasteiger partial charge < -0.3 is 19.7 Å². The Kier molecular flexibility index (Phi) is 3.46. The maximum absolute atomic E-state index is 10.5. The van der Waals surface area contributed by atoms with E-state index in [4.69, 9.17) is 19.7 Å². The van der Waals surface area contributed by atoms with Gasteiger partial charge >= 0.3 is 5.97 Å². The average Bonchev–Trinajstić information content (AvgIpc) is 2.07. The summed E-state index contributed by atoms with van der Waals surface area (Å²) in [5.41, 5.74) is 0. The highest BCUT2D eigenvalue weighted by Crippen LogP contribution is 2.11. The molecule has 2 N–H and O–H groups in total. The summed E-state index contributed by atoms with van der Waals surface area (Å²) in [4.78, 5) is 10.5. The molecule has 2 atom stereocenters. The molecule has 0 spiro atoms. The molecule has 1 rings (SSSR count). The van der Waals surface area contributed by atoms with Gasteiger partial charge in [0.2, 0.25) is 0 Å². The number of aliphatic hydroxyl groups excluding tert-OH is 1. The summed E-state index contributed by atoms with van der Waals surface area (Å²) in [5.74, 6) is -1.92. The molecule has 5 nitrogen and oxygen atoms in total. The molecule has 0 radical (unpaired) electrons. The third-order valence-corrected chi connectivity index (χ3v) is 1.80. The number of carboxylic acid groups (broad SMARTS) is 1. The zero-order valence-electron chi connectivity index (χ0n) is 6.60. The Morgan fingerprint density at radius 2 is 2.33 bits per heavy atom. The first-order valence-corrected chi connectivity index (χ1v) is 3.78. The van der Waals surface area contributed by atoms with Crippen molar-refractivity contribution in [1.82, 2.24) is 0 Å². The molecule has 0 aromatic carbocycles. The van der Waals surface area contributed by atoms with Crippen molar-refractivity contribution in [2.24, 2.45) is 5.92 Å². The van der Waals surface area contributed by atoms with Crippen LogP contribution in [0.25, 0.3) is 0 Å². The van der Waals surface area contributed by atoms with E-state index in [1.165, 1.54) is 0 Å². The highest BCUT2D eigenvalue weighted by atomic mass is 16.6. The van der Waals surface area contributed by atoms with Gasteiger partial charge in [0.25, 0.3) is 0 Å². The summed E-state index contributed by atoms with van der Waals surface area (Å²) in [6.07, 6.45) is -0.513. The molecule has 1 fully saturated rings. The molecule has 0 aromatic rings. The van der Waals surface area contributed by atoms with Crippen LogP contribution in [0.1, 0.15) is 0 Å². The summed E-state index contributed by atoms with van der Waals surface area (Å²) in [5, 5.41) is 17.4. The van der Waals surface area contributed by atoms with Crippen molar-refractivity contribution >= 4 is 5.97 Å². The predicted molar refractivity (Wildman–Crippen MR) is 38.8 cm³/mol. The zero-order valence-corrected chi connectivity index (χ0v) is 6.60. The molecule has 12 heavy (non-hydrogen) atoms. The van der Waals surface area contributed by atoms with E-state index in [0.29, 0.717) is 13.2 Å². The van der Waals surface area contributed by atoms with E-state index in [2.05, 4.69) is 0 Å². The molecular formula is C7H12O5. The van der Waals surface area contributed by atoms with Gasteiger partial charge in [-0.05, 0) is 0 Å². The number of carboxylic acids is 1. The van der Waals surface area contributed by atoms with Crippen molar-refractivity contribution in [3.05, 3.63) is 0 Å². The van der Waals surface area contributed by atoms with Crippen LogP contribution < -0.4 is 0 Å². The van der Waals surface area contributed by atoms with Crippen molar-refractivity contribution in [3.8, 4) is 0 Å². The summed E-state index contributed by atoms with van der Waals surface area (Å²) >= 11 is 0. The first kappa shape index (κ1) is 9.44. The fourth-order valence-corrected chi connectivity index (χ4v) is 1.09. The lowest BCUT2D eigenvalue weighted by Crippen LogP contribution is -2.40. The van der Waals surface area contributed by atoms with Crippen molar-refractivity contribution in [2.75, 3.05) is 26.4 Å². The van der Waals surface area contributed by atoms with Crippen LogP contribution in [0.15, 0.2) is 0 Å². The van der Waals surface area contributed by atoms with Crippen LogP contribution in [0.2, 0.25) is 0 Å². The largest absolute Gasteiger partial charge is 0.481 e. The molecule has 0 amide bonds. The number of hydrogen-bond donors (Lipinski definition) is 2. The molecule has 1 heterocycles. The van der Waals surface area contributed by atoms with Gasteiger partial charge in [-0.3, -0.25) is 4.79 Å². The molecule has 1 aliphatic heterocycles. The lowest BCUT2D eigenvalue weighted by Gasteiger charge is -2.26. The third-order valence-electron chi connectivity index (χ3n) is 1.80. The monoisotopic (exact) mass is 176 g/mol. The maximum Gasteiger partial charge on any atom is 0.311 e. The third kappa shape index (κ3) is 2.17. The van der Waals surface area contributed by atoms with E-state index in [1.807, 2.05) is 0 Å². The van der Waals surface area contributed by atoms with Gasteiger partial charge in [0.1, 0.15) is 5.92 Å². The van der Waals surface area contributed by atoms with Crippen molar-refractivity contribution in [1.29, 1.82) is 0 Å². The van der Waals surface area contributed by atoms with Crippen LogP contribution >= 0.6 is 0 Å². The second-order valence-corrected chi connectivity index (χ2v) is 2.61. The summed E-state index contributed by atoms with van der Waals surface area (Å²) in [7, 11) is 0. The standard InChI is InChI=1S/C7H12O5/c8-3-5(7(9)10)6-4-11-1-2-12-6/h5-6,8H,1-4H2,(H,9,10). The Balaban J connectivity index is 2.46. The van der Waals surface area contributed by atoms with Crippen molar-refractivity contribution in [2.45, 2.75) is 6.10 Å². The van der Waals surface area contributed by atoms with E-state index in [1.54, 1.807) is 0 Å². The fraction of sp³-hybridized carbons (Fsp3) is 0.857. The minimum absolute atomic E-state index is 0.248. The molecule has 0 saturated carbocycles. The van der Waals surface area contributed by atoms with Crippen molar-refractivity contribution < 1.29 is 24.5 Å². The van der Waals surface area contributed by atoms with Crippen LogP contribution in [0.3, 0.4) is 0 Å². The minimum atomic E-state index is -1.05.